The number of nitrogens with zero attached hydrogens (tertiary/aromatic N) is 1. The Balaban J connectivity index is 2.07. The van der Waals surface area contributed by atoms with Crippen molar-refractivity contribution < 1.29 is 4.74 Å². The molecule has 3 heteroatoms. The van der Waals surface area contributed by atoms with Crippen LogP contribution in [0.1, 0.15) is 37.8 Å². The molecule has 3 unspecified atom stereocenters. The molecular formula is C16H26N2O. The van der Waals surface area contributed by atoms with Gasteiger partial charge in [-0.15, -0.1) is 0 Å². The molecule has 0 bridgehead atoms. The molecule has 3 atom stereocenters. The molecule has 2 rings (SSSR count). The Morgan fingerprint density at radius 2 is 2.00 bits per heavy atom. The minimum atomic E-state index is 0.419. The van der Waals surface area contributed by atoms with E-state index in [9.17, 15) is 0 Å². The summed E-state index contributed by atoms with van der Waals surface area (Å²) in [5.74, 6) is 1.57. The molecule has 0 aromatic heterocycles. The van der Waals surface area contributed by atoms with E-state index in [0.29, 0.717) is 18.0 Å². The average molecular weight is 262 g/mol. The number of ether oxygens (including phenoxy) is 1. The van der Waals surface area contributed by atoms with E-state index in [2.05, 4.69) is 31.0 Å². The summed E-state index contributed by atoms with van der Waals surface area (Å²) in [6.45, 7) is 3.08. The number of hydrogen-bond donors (Lipinski definition) is 1. The van der Waals surface area contributed by atoms with Crippen LogP contribution in [0.15, 0.2) is 24.3 Å². The van der Waals surface area contributed by atoms with Crippen LogP contribution in [0.3, 0.4) is 0 Å². The summed E-state index contributed by atoms with van der Waals surface area (Å²) >= 11 is 0. The van der Waals surface area contributed by atoms with Crippen LogP contribution >= 0.6 is 0 Å². The Morgan fingerprint density at radius 1 is 1.32 bits per heavy atom. The van der Waals surface area contributed by atoms with Crippen LogP contribution in [-0.4, -0.2) is 31.6 Å². The molecule has 0 heterocycles. The van der Waals surface area contributed by atoms with Gasteiger partial charge in [0.25, 0.3) is 0 Å². The summed E-state index contributed by atoms with van der Waals surface area (Å²) in [6.07, 6.45) is 3.87. The molecule has 1 aromatic rings. The molecule has 1 aliphatic rings. The van der Waals surface area contributed by atoms with Crippen LogP contribution in [0.25, 0.3) is 0 Å². The van der Waals surface area contributed by atoms with Crippen molar-refractivity contribution in [1.82, 2.24) is 4.90 Å². The summed E-state index contributed by atoms with van der Waals surface area (Å²) in [7, 11) is 3.93. The first-order valence-corrected chi connectivity index (χ1v) is 7.23. The predicted molar refractivity (Wildman–Crippen MR) is 79.4 cm³/mol. The summed E-state index contributed by atoms with van der Waals surface area (Å²) in [5.41, 5.74) is 7.23. The van der Waals surface area contributed by atoms with Crippen LogP contribution in [0.5, 0.6) is 5.75 Å². The Bertz CT molecular complexity index is 390. The summed E-state index contributed by atoms with van der Waals surface area (Å²) in [4.78, 5) is 2.49. The van der Waals surface area contributed by atoms with Gasteiger partial charge in [0, 0.05) is 12.1 Å². The third kappa shape index (κ3) is 3.10. The quantitative estimate of drug-likeness (QED) is 0.887. The Labute approximate surface area is 116 Å². The van der Waals surface area contributed by atoms with Gasteiger partial charge in [-0.25, -0.2) is 0 Å². The standard InChI is InChI=1S/C16H26N2O/c1-12(13-7-9-15(19-3)10-8-13)18(2)16-6-4-5-14(16)11-17/h7-10,12,14,16H,4-6,11,17H2,1-3H3. The molecule has 19 heavy (non-hydrogen) atoms. The molecular weight excluding hydrogens is 236 g/mol. The zero-order valence-electron chi connectivity index (χ0n) is 12.3. The molecule has 0 amide bonds. The molecule has 1 fully saturated rings. The van der Waals surface area contributed by atoms with Crippen molar-refractivity contribution in [3.63, 3.8) is 0 Å². The second-order valence-electron chi connectivity index (χ2n) is 5.61. The summed E-state index contributed by atoms with van der Waals surface area (Å²) < 4.78 is 5.21. The van der Waals surface area contributed by atoms with Crippen LogP contribution in [0.2, 0.25) is 0 Å². The maximum atomic E-state index is 5.90. The SMILES string of the molecule is COc1ccc(C(C)N(C)C2CCCC2CN)cc1. The second-order valence-corrected chi connectivity index (χ2v) is 5.61. The number of nitrogens with two attached hydrogens (primary N) is 1. The minimum absolute atomic E-state index is 0.419. The molecule has 1 aromatic carbocycles. The van der Waals surface area contributed by atoms with Crippen molar-refractivity contribution in [2.75, 3.05) is 20.7 Å². The Morgan fingerprint density at radius 3 is 2.58 bits per heavy atom. The lowest BCUT2D eigenvalue weighted by molar-refractivity contribution is 0.152. The second kappa shape index (κ2) is 6.40. The topological polar surface area (TPSA) is 38.5 Å². The van der Waals surface area contributed by atoms with Gasteiger partial charge < -0.3 is 10.5 Å². The number of rotatable bonds is 5. The van der Waals surface area contributed by atoms with Crippen molar-refractivity contribution in [1.29, 1.82) is 0 Å². The van der Waals surface area contributed by atoms with E-state index in [4.69, 9.17) is 10.5 Å². The van der Waals surface area contributed by atoms with E-state index in [1.54, 1.807) is 7.11 Å². The van der Waals surface area contributed by atoms with Gasteiger partial charge in [-0.1, -0.05) is 18.6 Å². The predicted octanol–water partition coefficient (Wildman–Crippen LogP) is 2.82. The lowest BCUT2D eigenvalue weighted by Crippen LogP contribution is -2.39. The highest BCUT2D eigenvalue weighted by atomic mass is 16.5. The third-order valence-corrected chi connectivity index (χ3v) is 4.65. The maximum Gasteiger partial charge on any atom is 0.118 e. The minimum Gasteiger partial charge on any atom is -0.497 e. The molecule has 0 saturated heterocycles. The Kier molecular flexibility index (Phi) is 4.83. The lowest BCUT2D eigenvalue weighted by atomic mass is 9.99. The van der Waals surface area contributed by atoms with Crippen LogP contribution < -0.4 is 10.5 Å². The van der Waals surface area contributed by atoms with Crippen molar-refractivity contribution in [3.8, 4) is 5.75 Å². The Hall–Kier alpha value is -1.06. The molecule has 1 aliphatic carbocycles. The fourth-order valence-electron chi connectivity index (χ4n) is 3.23. The van der Waals surface area contributed by atoms with Gasteiger partial charge in [0.1, 0.15) is 5.75 Å². The van der Waals surface area contributed by atoms with Gasteiger partial charge in [0.15, 0.2) is 0 Å². The maximum absolute atomic E-state index is 5.90. The largest absolute Gasteiger partial charge is 0.497 e. The molecule has 3 nitrogen and oxygen atoms in total. The number of hydrogen-bond acceptors (Lipinski definition) is 3. The zero-order chi connectivity index (χ0) is 13.8. The first-order valence-electron chi connectivity index (χ1n) is 7.23. The van der Waals surface area contributed by atoms with Crippen molar-refractivity contribution >= 4 is 0 Å². The first kappa shape index (κ1) is 14.4. The van der Waals surface area contributed by atoms with Crippen LogP contribution in [0, 0.1) is 5.92 Å². The van der Waals surface area contributed by atoms with Gasteiger partial charge in [0.2, 0.25) is 0 Å². The van der Waals surface area contributed by atoms with Crippen molar-refractivity contribution in [2.24, 2.45) is 11.7 Å². The highest BCUT2D eigenvalue weighted by molar-refractivity contribution is 5.29. The molecule has 2 N–H and O–H groups in total. The fourth-order valence-corrected chi connectivity index (χ4v) is 3.23. The lowest BCUT2D eigenvalue weighted by Gasteiger charge is -2.34. The van der Waals surface area contributed by atoms with Crippen molar-refractivity contribution in [3.05, 3.63) is 29.8 Å². The van der Waals surface area contributed by atoms with E-state index < -0.39 is 0 Å². The smallest absolute Gasteiger partial charge is 0.118 e. The van der Waals surface area contributed by atoms with Crippen LogP contribution in [-0.2, 0) is 0 Å². The molecule has 0 radical (unpaired) electrons. The van der Waals surface area contributed by atoms with Crippen molar-refractivity contribution in [2.45, 2.75) is 38.3 Å². The number of benzene rings is 1. The fraction of sp³-hybridized carbons (Fsp3) is 0.625. The van der Waals surface area contributed by atoms with E-state index in [1.165, 1.54) is 24.8 Å². The third-order valence-electron chi connectivity index (χ3n) is 4.65. The molecule has 0 spiro atoms. The van der Waals surface area contributed by atoms with E-state index in [-0.39, 0.29) is 0 Å². The zero-order valence-corrected chi connectivity index (χ0v) is 12.3. The van der Waals surface area contributed by atoms with Gasteiger partial charge in [-0.05, 0) is 57.0 Å². The van der Waals surface area contributed by atoms with E-state index in [0.717, 1.165) is 12.3 Å². The highest BCUT2D eigenvalue weighted by Gasteiger charge is 2.31. The summed E-state index contributed by atoms with van der Waals surface area (Å²) in [5, 5.41) is 0. The first-order chi connectivity index (χ1) is 9.17. The number of methoxy groups -OCH3 is 1. The van der Waals surface area contributed by atoms with Gasteiger partial charge >= 0.3 is 0 Å². The normalized spacial score (nSPS) is 24.7. The van der Waals surface area contributed by atoms with E-state index in [1.807, 2.05) is 12.1 Å². The average Bonchev–Trinajstić information content (AvgIpc) is 2.94. The molecule has 0 aliphatic heterocycles. The van der Waals surface area contributed by atoms with Gasteiger partial charge in [-0.2, -0.15) is 0 Å². The highest BCUT2D eigenvalue weighted by Crippen LogP contribution is 2.33. The van der Waals surface area contributed by atoms with E-state index >= 15 is 0 Å². The van der Waals surface area contributed by atoms with Crippen LogP contribution in [0.4, 0.5) is 0 Å². The monoisotopic (exact) mass is 262 g/mol. The van der Waals surface area contributed by atoms with Gasteiger partial charge in [-0.3, -0.25) is 4.90 Å². The molecule has 1 saturated carbocycles. The molecule has 106 valence electrons. The summed E-state index contributed by atoms with van der Waals surface area (Å²) in [6, 6.07) is 9.44. The van der Waals surface area contributed by atoms with Gasteiger partial charge in [0.05, 0.1) is 7.11 Å².